The van der Waals surface area contributed by atoms with Gasteiger partial charge in [0.05, 0.1) is 26.4 Å². The molecule has 0 bridgehead atoms. The van der Waals surface area contributed by atoms with Crippen molar-refractivity contribution >= 4 is 35.1 Å². The Bertz CT molecular complexity index is 785. The molecule has 4 nitrogen and oxygen atoms in total. The highest BCUT2D eigenvalue weighted by Gasteiger charge is 2.15. The van der Waals surface area contributed by atoms with Gasteiger partial charge >= 0.3 is 0 Å². The van der Waals surface area contributed by atoms with Crippen molar-refractivity contribution in [3.63, 3.8) is 0 Å². The third-order valence-corrected chi connectivity index (χ3v) is 3.91. The van der Waals surface area contributed by atoms with Gasteiger partial charge in [-0.15, -0.1) is 0 Å². The molecule has 0 aliphatic carbocycles. The van der Waals surface area contributed by atoms with Gasteiger partial charge in [0.25, 0.3) is 0 Å². The summed E-state index contributed by atoms with van der Waals surface area (Å²) in [4.78, 5) is 12.3. The Morgan fingerprint density at radius 2 is 1.67 bits per heavy atom. The van der Waals surface area contributed by atoms with Gasteiger partial charge in [-0.25, -0.2) is 0 Å². The Kier molecular flexibility index (Phi) is 6.12. The van der Waals surface area contributed by atoms with Crippen molar-refractivity contribution < 1.29 is 19.0 Å². The van der Waals surface area contributed by atoms with Crippen LogP contribution in [0.5, 0.6) is 17.2 Å². The van der Waals surface area contributed by atoms with Gasteiger partial charge < -0.3 is 14.2 Å². The summed E-state index contributed by atoms with van der Waals surface area (Å²) in [5.74, 6) is 1.20. The van der Waals surface area contributed by atoms with Gasteiger partial charge in [-0.05, 0) is 42.5 Å². The number of allylic oxidation sites excluding steroid dienone is 1. The summed E-state index contributed by atoms with van der Waals surface area (Å²) >= 11 is 12.0. The largest absolute Gasteiger partial charge is 0.493 e. The molecule has 0 aliphatic rings. The summed E-state index contributed by atoms with van der Waals surface area (Å²) in [6, 6.07) is 8.24. The summed E-state index contributed by atoms with van der Waals surface area (Å²) in [7, 11) is 4.58. The van der Waals surface area contributed by atoms with E-state index >= 15 is 0 Å². The van der Waals surface area contributed by atoms with E-state index in [0.29, 0.717) is 38.4 Å². The molecule has 0 unspecified atom stereocenters. The highest BCUT2D eigenvalue weighted by Crippen LogP contribution is 2.40. The van der Waals surface area contributed by atoms with Crippen LogP contribution < -0.4 is 14.2 Å². The highest BCUT2D eigenvalue weighted by molar-refractivity contribution is 6.36. The Labute approximate surface area is 150 Å². The van der Waals surface area contributed by atoms with Crippen LogP contribution in [0.1, 0.15) is 15.9 Å². The summed E-state index contributed by atoms with van der Waals surface area (Å²) < 4.78 is 15.9. The van der Waals surface area contributed by atoms with Crippen LogP contribution >= 0.6 is 23.2 Å². The minimum Gasteiger partial charge on any atom is -0.493 e. The molecule has 126 valence electrons. The number of hydrogen-bond donors (Lipinski definition) is 0. The standard InChI is InChI=1S/C18H16Cl2O4/c1-22-16-9-5-11(17(23-2)18(16)24-3)4-8-15(21)13-10-12(19)6-7-14(13)20/h4-10H,1-3H3/b8-4+. The molecule has 2 aromatic carbocycles. The molecule has 0 radical (unpaired) electrons. The lowest BCUT2D eigenvalue weighted by Gasteiger charge is -2.13. The van der Waals surface area contributed by atoms with Gasteiger partial charge in [0, 0.05) is 16.1 Å². The van der Waals surface area contributed by atoms with E-state index in [4.69, 9.17) is 37.4 Å². The van der Waals surface area contributed by atoms with Crippen LogP contribution in [0.15, 0.2) is 36.4 Å². The lowest BCUT2D eigenvalue weighted by atomic mass is 10.1. The van der Waals surface area contributed by atoms with Crippen molar-refractivity contribution in [2.75, 3.05) is 21.3 Å². The van der Waals surface area contributed by atoms with Gasteiger partial charge in [0.2, 0.25) is 5.75 Å². The second-order valence-electron chi connectivity index (χ2n) is 4.75. The summed E-state index contributed by atoms with van der Waals surface area (Å²) in [5.41, 5.74) is 1.00. The van der Waals surface area contributed by atoms with Gasteiger partial charge in [-0.2, -0.15) is 0 Å². The minimum atomic E-state index is -0.265. The van der Waals surface area contributed by atoms with E-state index in [2.05, 4.69) is 0 Å². The molecule has 2 rings (SSSR count). The van der Waals surface area contributed by atoms with Crippen LogP contribution in [0, 0.1) is 0 Å². The molecule has 24 heavy (non-hydrogen) atoms. The topological polar surface area (TPSA) is 44.8 Å². The van der Waals surface area contributed by atoms with E-state index in [1.807, 2.05) is 0 Å². The molecule has 0 saturated carbocycles. The number of rotatable bonds is 6. The second kappa shape index (κ2) is 8.08. The zero-order valence-electron chi connectivity index (χ0n) is 13.4. The first-order chi connectivity index (χ1) is 11.5. The van der Waals surface area contributed by atoms with Gasteiger partial charge in [0.1, 0.15) is 0 Å². The van der Waals surface area contributed by atoms with E-state index in [0.717, 1.165) is 0 Å². The van der Waals surface area contributed by atoms with Crippen molar-refractivity contribution in [2.24, 2.45) is 0 Å². The number of benzene rings is 2. The smallest absolute Gasteiger partial charge is 0.203 e. The monoisotopic (exact) mass is 366 g/mol. The fraction of sp³-hybridized carbons (Fsp3) is 0.167. The molecule has 0 spiro atoms. The van der Waals surface area contributed by atoms with E-state index < -0.39 is 0 Å². The Balaban J connectivity index is 2.38. The first-order valence-corrected chi connectivity index (χ1v) is 7.73. The first kappa shape index (κ1) is 18.2. The molecule has 0 N–H and O–H groups in total. The molecule has 6 heteroatoms. The average Bonchev–Trinajstić information content (AvgIpc) is 2.60. The quantitative estimate of drug-likeness (QED) is 0.537. The van der Waals surface area contributed by atoms with Crippen molar-refractivity contribution in [3.8, 4) is 17.2 Å². The van der Waals surface area contributed by atoms with Gasteiger partial charge in [0.15, 0.2) is 17.3 Å². The zero-order chi connectivity index (χ0) is 17.7. The van der Waals surface area contributed by atoms with E-state index in [9.17, 15) is 4.79 Å². The molecular formula is C18H16Cl2O4. The number of ketones is 1. The Morgan fingerprint density at radius 3 is 2.29 bits per heavy atom. The SMILES string of the molecule is COc1ccc(/C=C/C(=O)c2cc(Cl)ccc2Cl)c(OC)c1OC. The van der Waals surface area contributed by atoms with Crippen molar-refractivity contribution in [3.05, 3.63) is 57.6 Å². The number of methoxy groups -OCH3 is 3. The molecule has 0 amide bonds. The number of ether oxygens (including phenoxy) is 3. The summed E-state index contributed by atoms with van der Waals surface area (Å²) in [6.45, 7) is 0. The first-order valence-electron chi connectivity index (χ1n) is 6.98. The van der Waals surface area contributed by atoms with E-state index in [-0.39, 0.29) is 5.78 Å². The maximum Gasteiger partial charge on any atom is 0.203 e. The van der Waals surface area contributed by atoms with Crippen LogP contribution in [0.25, 0.3) is 6.08 Å². The highest BCUT2D eigenvalue weighted by atomic mass is 35.5. The number of halogens is 2. The Morgan fingerprint density at radius 1 is 0.958 bits per heavy atom. The summed E-state index contributed by atoms with van der Waals surface area (Å²) in [5, 5.41) is 0.785. The van der Waals surface area contributed by atoms with Crippen LogP contribution in [0.2, 0.25) is 10.0 Å². The Hall–Kier alpha value is -2.17. The molecule has 0 fully saturated rings. The van der Waals surface area contributed by atoms with E-state index in [1.165, 1.54) is 33.5 Å². The average molecular weight is 367 g/mol. The summed E-state index contributed by atoms with van der Waals surface area (Å²) in [6.07, 6.45) is 3.03. The van der Waals surface area contributed by atoms with Crippen molar-refractivity contribution in [1.82, 2.24) is 0 Å². The van der Waals surface area contributed by atoms with Crippen LogP contribution in [-0.2, 0) is 0 Å². The van der Waals surface area contributed by atoms with Crippen molar-refractivity contribution in [2.45, 2.75) is 0 Å². The lowest BCUT2D eigenvalue weighted by molar-refractivity contribution is 0.104. The lowest BCUT2D eigenvalue weighted by Crippen LogP contribution is -1.98. The van der Waals surface area contributed by atoms with Crippen LogP contribution in [-0.4, -0.2) is 27.1 Å². The van der Waals surface area contributed by atoms with Gasteiger partial charge in [-0.1, -0.05) is 23.2 Å². The van der Waals surface area contributed by atoms with Crippen LogP contribution in [0.3, 0.4) is 0 Å². The molecule has 0 heterocycles. The maximum atomic E-state index is 12.3. The normalized spacial score (nSPS) is 10.7. The minimum absolute atomic E-state index is 0.265. The molecule has 0 atom stereocenters. The third kappa shape index (κ3) is 3.83. The predicted molar refractivity (Wildman–Crippen MR) is 95.9 cm³/mol. The second-order valence-corrected chi connectivity index (χ2v) is 5.59. The number of hydrogen-bond acceptors (Lipinski definition) is 4. The fourth-order valence-corrected chi connectivity index (χ4v) is 2.58. The van der Waals surface area contributed by atoms with Crippen molar-refractivity contribution in [1.29, 1.82) is 0 Å². The third-order valence-electron chi connectivity index (χ3n) is 3.34. The maximum absolute atomic E-state index is 12.3. The molecular weight excluding hydrogens is 351 g/mol. The van der Waals surface area contributed by atoms with E-state index in [1.54, 1.807) is 30.3 Å². The zero-order valence-corrected chi connectivity index (χ0v) is 14.9. The van der Waals surface area contributed by atoms with Gasteiger partial charge in [-0.3, -0.25) is 4.79 Å². The molecule has 0 saturated heterocycles. The number of carbonyl (C=O) groups excluding carboxylic acids is 1. The number of carbonyl (C=O) groups is 1. The fourth-order valence-electron chi connectivity index (χ4n) is 2.20. The molecule has 0 aliphatic heterocycles. The molecule has 2 aromatic rings. The molecule has 0 aromatic heterocycles. The predicted octanol–water partition coefficient (Wildman–Crippen LogP) is 4.92. The van der Waals surface area contributed by atoms with Crippen LogP contribution in [0.4, 0.5) is 0 Å².